The summed E-state index contributed by atoms with van der Waals surface area (Å²) in [4.78, 5) is 11.3. The Kier molecular flexibility index (Phi) is 5.93. The normalized spacial score (nSPS) is 17.2. The van der Waals surface area contributed by atoms with E-state index in [4.69, 9.17) is 14.1 Å². The van der Waals surface area contributed by atoms with Crippen molar-refractivity contribution in [1.82, 2.24) is 20.3 Å². The zero-order chi connectivity index (χ0) is 19.2. The van der Waals surface area contributed by atoms with E-state index in [0.717, 1.165) is 31.7 Å². The highest BCUT2D eigenvalue weighted by molar-refractivity contribution is 5.74. The zero-order valence-electron chi connectivity index (χ0n) is 15.9. The van der Waals surface area contributed by atoms with E-state index in [9.17, 15) is 0 Å². The lowest BCUT2D eigenvalue weighted by Crippen LogP contribution is -2.40. The summed E-state index contributed by atoms with van der Waals surface area (Å²) >= 11 is 0. The van der Waals surface area contributed by atoms with Crippen molar-refractivity contribution in [3.8, 4) is 0 Å². The molecule has 1 aromatic carbocycles. The summed E-state index contributed by atoms with van der Waals surface area (Å²) in [5, 5.41) is 10.9. The van der Waals surface area contributed by atoms with Crippen LogP contribution in [-0.2, 0) is 16.1 Å². The van der Waals surface area contributed by atoms with Crippen molar-refractivity contribution in [3.05, 3.63) is 35.9 Å². The predicted octanol–water partition coefficient (Wildman–Crippen LogP) is 2.26. The Morgan fingerprint density at radius 3 is 2.82 bits per heavy atom. The molecule has 1 aliphatic heterocycles. The minimum absolute atomic E-state index is 0.133. The summed E-state index contributed by atoms with van der Waals surface area (Å²) in [5.74, 6) is 1.40. The Balaban J connectivity index is 1.48. The maximum Gasteiger partial charge on any atom is 0.245 e. The molecular formula is C19H24N6O3. The van der Waals surface area contributed by atoms with Crippen molar-refractivity contribution in [1.29, 1.82) is 0 Å². The third-order valence-corrected chi connectivity index (χ3v) is 4.70. The van der Waals surface area contributed by atoms with Crippen LogP contribution in [0, 0.1) is 0 Å². The van der Waals surface area contributed by atoms with Crippen molar-refractivity contribution in [2.75, 3.05) is 43.6 Å². The molecule has 1 atom stereocenters. The molecule has 1 saturated heterocycles. The third kappa shape index (κ3) is 4.37. The molecule has 3 heterocycles. The molecule has 0 aliphatic carbocycles. The van der Waals surface area contributed by atoms with Gasteiger partial charge in [0.2, 0.25) is 11.3 Å². The highest BCUT2D eigenvalue weighted by atomic mass is 16.6. The summed E-state index contributed by atoms with van der Waals surface area (Å²) in [6.45, 7) is 3.43. The Morgan fingerprint density at radius 2 is 2.00 bits per heavy atom. The predicted molar refractivity (Wildman–Crippen MR) is 104 cm³/mol. The van der Waals surface area contributed by atoms with Gasteiger partial charge in [-0.15, -0.1) is 0 Å². The quantitative estimate of drug-likeness (QED) is 0.586. The number of benzene rings is 1. The minimum atomic E-state index is 0.133. The van der Waals surface area contributed by atoms with Crippen LogP contribution in [0.15, 0.2) is 35.0 Å². The molecule has 1 N–H and O–H groups in total. The fourth-order valence-corrected chi connectivity index (χ4v) is 3.29. The lowest BCUT2D eigenvalue weighted by atomic mass is 10.1. The number of nitrogens with one attached hydrogen (secondary N) is 1. The Bertz CT molecular complexity index is 888. The molecule has 28 heavy (non-hydrogen) atoms. The Hall–Kier alpha value is -2.78. The van der Waals surface area contributed by atoms with Gasteiger partial charge in [-0.2, -0.15) is 0 Å². The second kappa shape index (κ2) is 8.94. The molecule has 148 valence electrons. The summed E-state index contributed by atoms with van der Waals surface area (Å²) in [7, 11) is 1.67. The first-order chi connectivity index (χ1) is 13.8. The van der Waals surface area contributed by atoms with Crippen LogP contribution in [0.1, 0.15) is 18.4 Å². The molecule has 9 heteroatoms. The molecule has 0 radical (unpaired) electrons. The largest absolute Gasteiger partial charge is 0.383 e. The average molecular weight is 384 g/mol. The van der Waals surface area contributed by atoms with Crippen LogP contribution in [0.5, 0.6) is 0 Å². The van der Waals surface area contributed by atoms with E-state index in [1.54, 1.807) is 7.11 Å². The van der Waals surface area contributed by atoms with Crippen molar-refractivity contribution in [2.24, 2.45) is 0 Å². The number of anilines is 2. The van der Waals surface area contributed by atoms with Gasteiger partial charge in [-0.05, 0) is 28.7 Å². The van der Waals surface area contributed by atoms with Gasteiger partial charge in [0.05, 0.1) is 19.3 Å². The van der Waals surface area contributed by atoms with Crippen LogP contribution in [0.3, 0.4) is 0 Å². The minimum Gasteiger partial charge on any atom is -0.383 e. The smallest absolute Gasteiger partial charge is 0.245 e. The van der Waals surface area contributed by atoms with Crippen molar-refractivity contribution >= 4 is 22.9 Å². The van der Waals surface area contributed by atoms with Gasteiger partial charge in [-0.25, -0.2) is 14.6 Å². The Labute approximate surface area is 163 Å². The highest BCUT2D eigenvalue weighted by Crippen LogP contribution is 2.27. The number of fused-ring (bicyclic) bond motifs is 1. The lowest BCUT2D eigenvalue weighted by molar-refractivity contribution is 0.0314. The molecule has 1 fully saturated rings. The number of aromatic nitrogens is 4. The monoisotopic (exact) mass is 384 g/mol. The van der Waals surface area contributed by atoms with Gasteiger partial charge in [0, 0.05) is 26.7 Å². The van der Waals surface area contributed by atoms with Crippen molar-refractivity contribution in [2.45, 2.75) is 25.6 Å². The number of hydrogen-bond acceptors (Lipinski definition) is 9. The second-order valence-electron chi connectivity index (χ2n) is 6.73. The van der Waals surface area contributed by atoms with E-state index < -0.39 is 0 Å². The maximum atomic E-state index is 6.15. The van der Waals surface area contributed by atoms with Crippen LogP contribution < -0.4 is 10.2 Å². The molecule has 9 nitrogen and oxygen atoms in total. The van der Waals surface area contributed by atoms with E-state index in [1.807, 2.05) is 18.2 Å². The average Bonchev–Trinajstić information content (AvgIpc) is 3.20. The first-order valence-corrected chi connectivity index (χ1v) is 9.47. The topological polar surface area (TPSA) is 98.4 Å². The fraction of sp³-hybridized carbons (Fsp3) is 0.474. The molecule has 4 rings (SSSR count). The number of rotatable bonds is 8. The summed E-state index contributed by atoms with van der Waals surface area (Å²) < 4.78 is 16.1. The van der Waals surface area contributed by atoms with E-state index >= 15 is 0 Å². The molecule has 0 saturated carbocycles. The summed E-state index contributed by atoms with van der Waals surface area (Å²) in [6, 6.07) is 10.2. The van der Waals surface area contributed by atoms with Crippen LogP contribution in [0.2, 0.25) is 0 Å². The molecule has 2 aromatic heterocycles. The van der Waals surface area contributed by atoms with Gasteiger partial charge in [-0.1, -0.05) is 30.3 Å². The van der Waals surface area contributed by atoms with Crippen molar-refractivity contribution in [3.63, 3.8) is 0 Å². The molecular weight excluding hydrogens is 360 g/mol. The van der Waals surface area contributed by atoms with Crippen LogP contribution >= 0.6 is 0 Å². The Morgan fingerprint density at radius 1 is 1.18 bits per heavy atom. The molecule has 0 amide bonds. The molecule has 0 bridgehead atoms. The van der Waals surface area contributed by atoms with E-state index in [1.165, 1.54) is 5.56 Å². The number of methoxy groups -OCH3 is 1. The standard InChI is InChI=1S/C19H24N6O3/c1-26-11-9-20-18-19(22-17-16(21-18)23-28-24-17)25-10-5-8-15(12-25)27-13-14-6-3-2-4-7-14/h2-4,6-7,15H,5,8-13H2,1H3,(H,20,21,23). The lowest BCUT2D eigenvalue weighted by Gasteiger charge is -2.34. The van der Waals surface area contributed by atoms with Gasteiger partial charge in [0.15, 0.2) is 11.6 Å². The van der Waals surface area contributed by atoms with Gasteiger partial charge in [0.25, 0.3) is 0 Å². The first-order valence-electron chi connectivity index (χ1n) is 9.47. The molecule has 0 spiro atoms. The number of ether oxygens (including phenoxy) is 2. The number of hydrogen-bond donors (Lipinski definition) is 1. The SMILES string of the molecule is COCCNc1nc2nonc2nc1N1CCCC(OCc2ccccc2)C1. The fourth-order valence-electron chi connectivity index (χ4n) is 3.29. The van der Waals surface area contributed by atoms with Crippen molar-refractivity contribution < 1.29 is 14.1 Å². The number of nitrogens with zero attached hydrogens (tertiary/aromatic N) is 5. The van der Waals surface area contributed by atoms with Gasteiger partial charge >= 0.3 is 0 Å². The van der Waals surface area contributed by atoms with E-state index in [0.29, 0.717) is 36.9 Å². The van der Waals surface area contributed by atoms with Crippen LogP contribution in [-0.4, -0.2) is 59.7 Å². The molecule has 1 unspecified atom stereocenters. The van der Waals surface area contributed by atoms with Crippen LogP contribution in [0.25, 0.3) is 11.3 Å². The van der Waals surface area contributed by atoms with E-state index in [-0.39, 0.29) is 6.10 Å². The molecule has 1 aliphatic rings. The van der Waals surface area contributed by atoms with E-state index in [2.05, 4.69) is 42.6 Å². The number of piperidine rings is 1. The molecule has 3 aromatic rings. The third-order valence-electron chi connectivity index (χ3n) is 4.70. The second-order valence-corrected chi connectivity index (χ2v) is 6.73. The maximum absolute atomic E-state index is 6.15. The van der Waals surface area contributed by atoms with Gasteiger partial charge in [-0.3, -0.25) is 0 Å². The van der Waals surface area contributed by atoms with Gasteiger partial charge in [0.1, 0.15) is 0 Å². The first kappa shape index (κ1) is 18.6. The summed E-state index contributed by atoms with van der Waals surface area (Å²) in [6.07, 6.45) is 2.18. The zero-order valence-corrected chi connectivity index (χ0v) is 15.9. The van der Waals surface area contributed by atoms with Crippen LogP contribution in [0.4, 0.5) is 11.6 Å². The summed E-state index contributed by atoms with van der Waals surface area (Å²) in [5.41, 5.74) is 1.97. The van der Waals surface area contributed by atoms with Gasteiger partial charge < -0.3 is 19.7 Å². The highest BCUT2D eigenvalue weighted by Gasteiger charge is 2.25.